The summed E-state index contributed by atoms with van der Waals surface area (Å²) < 4.78 is 11.1. The van der Waals surface area contributed by atoms with Gasteiger partial charge >= 0.3 is 0 Å². The Labute approximate surface area is 132 Å². The second-order valence-electron chi connectivity index (χ2n) is 4.75. The lowest BCUT2D eigenvalue weighted by Gasteiger charge is -2.07. The van der Waals surface area contributed by atoms with E-state index in [2.05, 4.69) is 24.3 Å². The molecule has 0 bridgehead atoms. The summed E-state index contributed by atoms with van der Waals surface area (Å²) in [5, 5.41) is 0. The van der Waals surface area contributed by atoms with Crippen molar-refractivity contribution in [2.75, 3.05) is 13.2 Å². The molecule has 0 fully saturated rings. The van der Waals surface area contributed by atoms with E-state index >= 15 is 0 Å². The van der Waals surface area contributed by atoms with E-state index in [1.807, 2.05) is 62.4 Å². The molecule has 0 aliphatic carbocycles. The minimum atomic E-state index is 0.576. The van der Waals surface area contributed by atoms with Gasteiger partial charge in [0.05, 0.1) is 6.61 Å². The molecule has 2 heteroatoms. The molecule has 0 spiro atoms. The zero-order valence-electron chi connectivity index (χ0n) is 13.2. The minimum Gasteiger partial charge on any atom is -0.494 e. The summed E-state index contributed by atoms with van der Waals surface area (Å²) >= 11 is 0. The summed E-state index contributed by atoms with van der Waals surface area (Å²) in [6, 6.07) is 16.3. The Bertz CT molecular complexity index is 607. The molecule has 2 aromatic rings. The number of hydrogen-bond donors (Lipinski definition) is 0. The van der Waals surface area contributed by atoms with Crippen LogP contribution in [-0.4, -0.2) is 13.2 Å². The molecule has 0 unspecified atom stereocenters. The predicted molar refractivity (Wildman–Crippen MR) is 92.5 cm³/mol. The maximum absolute atomic E-state index is 5.65. The zero-order chi connectivity index (χ0) is 15.6. The summed E-state index contributed by atoms with van der Waals surface area (Å²) in [5.74, 6) is 1.78. The molecule has 0 aromatic heterocycles. The van der Waals surface area contributed by atoms with E-state index in [4.69, 9.17) is 9.47 Å². The fourth-order valence-corrected chi connectivity index (χ4v) is 2.04. The molecular formula is C20H22O2. The van der Waals surface area contributed by atoms with Crippen LogP contribution in [0.15, 0.2) is 72.8 Å². The van der Waals surface area contributed by atoms with Crippen molar-refractivity contribution in [1.82, 2.24) is 0 Å². The van der Waals surface area contributed by atoms with Crippen LogP contribution in [0.1, 0.15) is 13.8 Å². The second-order valence-corrected chi connectivity index (χ2v) is 4.75. The van der Waals surface area contributed by atoms with Crippen LogP contribution in [0, 0.1) is 0 Å². The van der Waals surface area contributed by atoms with Gasteiger partial charge in [0.1, 0.15) is 18.1 Å². The molecule has 114 valence electrons. The van der Waals surface area contributed by atoms with Crippen molar-refractivity contribution in [1.29, 1.82) is 0 Å². The van der Waals surface area contributed by atoms with Crippen molar-refractivity contribution < 1.29 is 9.47 Å². The van der Waals surface area contributed by atoms with Gasteiger partial charge in [0.2, 0.25) is 0 Å². The average molecular weight is 294 g/mol. The van der Waals surface area contributed by atoms with Gasteiger partial charge in [-0.25, -0.2) is 0 Å². The van der Waals surface area contributed by atoms with Crippen LogP contribution in [-0.2, 0) is 0 Å². The summed E-state index contributed by atoms with van der Waals surface area (Å²) in [7, 11) is 0. The fourth-order valence-electron chi connectivity index (χ4n) is 2.04. The van der Waals surface area contributed by atoms with Gasteiger partial charge in [-0.05, 0) is 55.3 Å². The molecule has 2 nitrogen and oxygen atoms in total. The highest BCUT2D eigenvalue weighted by molar-refractivity contribution is 5.64. The molecule has 22 heavy (non-hydrogen) atoms. The van der Waals surface area contributed by atoms with Gasteiger partial charge < -0.3 is 9.47 Å². The SMILES string of the molecule is CC=CC=CCOc1ccc(-c2ccc(OCC)cc2)cc1. The van der Waals surface area contributed by atoms with Crippen LogP contribution in [0.2, 0.25) is 0 Å². The third-order valence-electron chi connectivity index (χ3n) is 3.14. The Hall–Kier alpha value is -2.48. The molecule has 2 rings (SSSR count). The van der Waals surface area contributed by atoms with E-state index < -0.39 is 0 Å². The van der Waals surface area contributed by atoms with E-state index in [1.165, 1.54) is 11.1 Å². The minimum absolute atomic E-state index is 0.576. The van der Waals surface area contributed by atoms with Gasteiger partial charge in [0, 0.05) is 0 Å². The van der Waals surface area contributed by atoms with Crippen LogP contribution in [0.5, 0.6) is 11.5 Å². The molecule has 0 N–H and O–H groups in total. The van der Waals surface area contributed by atoms with Gasteiger partial charge in [-0.2, -0.15) is 0 Å². The first kappa shape index (κ1) is 15.9. The summed E-state index contributed by atoms with van der Waals surface area (Å²) in [4.78, 5) is 0. The van der Waals surface area contributed by atoms with Crippen LogP contribution in [0.25, 0.3) is 11.1 Å². The molecular weight excluding hydrogens is 272 g/mol. The van der Waals surface area contributed by atoms with E-state index in [9.17, 15) is 0 Å². The number of benzene rings is 2. The van der Waals surface area contributed by atoms with Crippen molar-refractivity contribution >= 4 is 0 Å². The topological polar surface area (TPSA) is 18.5 Å². The van der Waals surface area contributed by atoms with Crippen LogP contribution >= 0.6 is 0 Å². The van der Waals surface area contributed by atoms with Crippen molar-refractivity contribution in [3.05, 3.63) is 72.8 Å². The lowest BCUT2D eigenvalue weighted by Crippen LogP contribution is -1.93. The first-order chi connectivity index (χ1) is 10.8. The zero-order valence-corrected chi connectivity index (χ0v) is 13.2. The molecule has 0 aliphatic heterocycles. The standard InChI is InChI=1S/C20H22O2/c1-3-5-6-7-16-22-20-14-10-18(11-15-20)17-8-12-19(13-9-17)21-4-2/h3,5-15H,4,16H2,1-2H3. The molecule has 0 aliphatic rings. The number of hydrogen-bond acceptors (Lipinski definition) is 2. The quantitative estimate of drug-likeness (QED) is 0.648. The third kappa shape index (κ3) is 4.81. The van der Waals surface area contributed by atoms with Gasteiger partial charge in [-0.1, -0.05) is 42.5 Å². The van der Waals surface area contributed by atoms with E-state index in [0.29, 0.717) is 13.2 Å². The lowest BCUT2D eigenvalue weighted by atomic mass is 10.1. The van der Waals surface area contributed by atoms with Gasteiger partial charge in [0.25, 0.3) is 0 Å². The molecule has 0 saturated heterocycles. The summed E-state index contributed by atoms with van der Waals surface area (Å²) in [6.45, 7) is 5.24. The Kier molecular flexibility index (Phi) is 6.31. The number of allylic oxidation sites excluding steroid dienone is 3. The normalized spacial score (nSPS) is 11.2. The van der Waals surface area contributed by atoms with Gasteiger partial charge in [-0.3, -0.25) is 0 Å². The molecule has 0 saturated carbocycles. The highest BCUT2D eigenvalue weighted by atomic mass is 16.5. The third-order valence-corrected chi connectivity index (χ3v) is 3.14. The Morgan fingerprint density at radius 3 is 1.82 bits per heavy atom. The number of rotatable bonds is 7. The van der Waals surface area contributed by atoms with Crippen LogP contribution in [0.4, 0.5) is 0 Å². The van der Waals surface area contributed by atoms with E-state index in [1.54, 1.807) is 0 Å². The average Bonchev–Trinajstić information content (AvgIpc) is 2.56. The summed E-state index contributed by atoms with van der Waals surface area (Å²) in [5.41, 5.74) is 2.34. The predicted octanol–water partition coefficient (Wildman–Crippen LogP) is 5.26. The summed E-state index contributed by atoms with van der Waals surface area (Å²) in [6.07, 6.45) is 7.94. The van der Waals surface area contributed by atoms with Crippen molar-refractivity contribution in [3.8, 4) is 22.6 Å². The Balaban J connectivity index is 1.96. The first-order valence-corrected chi connectivity index (χ1v) is 7.57. The number of ether oxygens (including phenoxy) is 2. The Morgan fingerprint density at radius 1 is 0.773 bits per heavy atom. The molecule has 0 radical (unpaired) electrons. The molecule has 0 heterocycles. The smallest absolute Gasteiger partial charge is 0.119 e. The van der Waals surface area contributed by atoms with Crippen molar-refractivity contribution in [2.24, 2.45) is 0 Å². The maximum Gasteiger partial charge on any atom is 0.119 e. The van der Waals surface area contributed by atoms with Gasteiger partial charge in [-0.15, -0.1) is 0 Å². The second kappa shape index (κ2) is 8.73. The molecule has 0 atom stereocenters. The van der Waals surface area contributed by atoms with Crippen molar-refractivity contribution in [2.45, 2.75) is 13.8 Å². The van der Waals surface area contributed by atoms with Crippen molar-refractivity contribution in [3.63, 3.8) is 0 Å². The van der Waals surface area contributed by atoms with E-state index in [-0.39, 0.29) is 0 Å². The molecule has 2 aromatic carbocycles. The largest absolute Gasteiger partial charge is 0.494 e. The van der Waals surface area contributed by atoms with Crippen LogP contribution < -0.4 is 9.47 Å². The highest BCUT2D eigenvalue weighted by Crippen LogP contribution is 2.24. The van der Waals surface area contributed by atoms with E-state index in [0.717, 1.165) is 11.5 Å². The maximum atomic E-state index is 5.65. The van der Waals surface area contributed by atoms with Crippen LogP contribution in [0.3, 0.4) is 0 Å². The fraction of sp³-hybridized carbons (Fsp3) is 0.200. The first-order valence-electron chi connectivity index (χ1n) is 7.57. The monoisotopic (exact) mass is 294 g/mol. The highest BCUT2D eigenvalue weighted by Gasteiger charge is 1.99. The molecule has 0 amide bonds. The van der Waals surface area contributed by atoms with Gasteiger partial charge in [0.15, 0.2) is 0 Å². The lowest BCUT2D eigenvalue weighted by molar-refractivity contribution is 0.340. The Morgan fingerprint density at radius 2 is 1.32 bits per heavy atom.